The molecule has 2 heterocycles. The third-order valence-electron chi connectivity index (χ3n) is 4.48. The van der Waals surface area contributed by atoms with Gasteiger partial charge in [0, 0.05) is 18.2 Å². The van der Waals surface area contributed by atoms with Crippen LogP contribution in [0.5, 0.6) is 5.75 Å². The number of hydrogen-bond acceptors (Lipinski definition) is 5. The molecular weight excluding hydrogens is 338 g/mol. The van der Waals surface area contributed by atoms with Gasteiger partial charge in [0.2, 0.25) is 0 Å². The molecular formula is C22H23N3O2. The van der Waals surface area contributed by atoms with E-state index in [9.17, 15) is 9.90 Å². The molecule has 0 fully saturated rings. The minimum atomic E-state index is -0.166. The maximum Gasteiger partial charge on any atom is 0.172 e. The Morgan fingerprint density at radius 3 is 2.30 bits per heavy atom. The zero-order valence-electron chi connectivity index (χ0n) is 16.0. The molecule has 0 saturated carbocycles. The number of benzene rings is 1. The van der Waals surface area contributed by atoms with Crippen molar-refractivity contribution >= 4 is 6.29 Å². The number of carbonyl (C=O) groups excluding carboxylic acids is 1. The Kier molecular flexibility index (Phi) is 5.04. The first-order chi connectivity index (χ1) is 12.8. The highest BCUT2D eigenvalue weighted by molar-refractivity contribution is 5.76. The third kappa shape index (κ3) is 4.19. The van der Waals surface area contributed by atoms with Crippen LogP contribution in [0.2, 0.25) is 0 Å². The maximum atomic E-state index is 11.0. The summed E-state index contributed by atoms with van der Waals surface area (Å²) in [5, 5.41) is 9.75. The largest absolute Gasteiger partial charge is 0.504 e. The maximum absolute atomic E-state index is 11.0. The number of aldehydes is 1. The smallest absolute Gasteiger partial charge is 0.172 e. The van der Waals surface area contributed by atoms with Crippen LogP contribution in [0.1, 0.15) is 53.9 Å². The number of aromatic hydroxyl groups is 1. The predicted octanol–water partition coefficient (Wildman–Crippen LogP) is 4.25. The van der Waals surface area contributed by atoms with Gasteiger partial charge in [-0.25, -0.2) is 9.97 Å². The highest BCUT2D eigenvalue weighted by Crippen LogP contribution is 2.25. The molecule has 0 aliphatic rings. The van der Waals surface area contributed by atoms with Crippen molar-refractivity contribution in [1.82, 2.24) is 15.0 Å². The molecule has 1 aromatic carbocycles. The lowest BCUT2D eigenvalue weighted by Crippen LogP contribution is -2.10. The number of carbonyl (C=O) groups is 1. The van der Waals surface area contributed by atoms with Gasteiger partial charge in [0.05, 0.1) is 11.4 Å². The van der Waals surface area contributed by atoms with Crippen LogP contribution in [0.4, 0.5) is 0 Å². The van der Waals surface area contributed by atoms with Crippen LogP contribution in [-0.4, -0.2) is 26.3 Å². The van der Waals surface area contributed by atoms with Crippen molar-refractivity contribution in [2.24, 2.45) is 0 Å². The van der Waals surface area contributed by atoms with Crippen LogP contribution in [0.25, 0.3) is 11.3 Å². The molecule has 0 amide bonds. The molecule has 0 unspecified atom stereocenters. The summed E-state index contributed by atoms with van der Waals surface area (Å²) in [6, 6.07) is 12.4. The Hall–Kier alpha value is -3.08. The second-order valence-electron chi connectivity index (χ2n) is 7.63. The zero-order chi connectivity index (χ0) is 19.6. The van der Waals surface area contributed by atoms with Gasteiger partial charge in [-0.2, -0.15) is 0 Å². The van der Waals surface area contributed by atoms with E-state index in [-0.39, 0.29) is 16.9 Å². The molecule has 0 aliphatic heterocycles. The summed E-state index contributed by atoms with van der Waals surface area (Å²) < 4.78 is 0. The zero-order valence-corrected chi connectivity index (χ0v) is 16.0. The number of rotatable bonds is 4. The second-order valence-corrected chi connectivity index (χ2v) is 7.63. The van der Waals surface area contributed by atoms with E-state index in [1.807, 2.05) is 12.1 Å². The Morgan fingerprint density at radius 2 is 1.74 bits per heavy atom. The first kappa shape index (κ1) is 18.7. The molecule has 0 bridgehead atoms. The van der Waals surface area contributed by atoms with Crippen molar-refractivity contribution in [2.75, 3.05) is 0 Å². The molecule has 0 spiro atoms. The lowest BCUT2D eigenvalue weighted by molar-refractivity contribution is 0.111. The van der Waals surface area contributed by atoms with Gasteiger partial charge in [-0.05, 0) is 29.5 Å². The van der Waals surface area contributed by atoms with Gasteiger partial charge in [0.1, 0.15) is 11.5 Å². The second kappa shape index (κ2) is 7.27. The molecule has 0 atom stereocenters. The normalized spacial score (nSPS) is 11.4. The van der Waals surface area contributed by atoms with E-state index in [4.69, 9.17) is 0 Å². The first-order valence-electron chi connectivity index (χ1n) is 8.85. The van der Waals surface area contributed by atoms with Gasteiger partial charge < -0.3 is 5.11 Å². The number of pyridine rings is 1. The Morgan fingerprint density at radius 1 is 1.04 bits per heavy atom. The number of nitrogens with zero attached hydrogens (tertiary/aromatic N) is 3. The van der Waals surface area contributed by atoms with Crippen LogP contribution in [0.15, 0.2) is 42.6 Å². The molecule has 0 saturated heterocycles. The van der Waals surface area contributed by atoms with Crippen LogP contribution < -0.4 is 0 Å². The Balaban J connectivity index is 1.80. The molecule has 5 nitrogen and oxygen atoms in total. The molecule has 0 radical (unpaired) electrons. The molecule has 0 aliphatic carbocycles. The number of hydrogen-bond donors (Lipinski definition) is 1. The summed E-state index contributed by atoms with van der Waals surface area (Å²) in [5.74, 6) is 0.317. The summed E-state index contributed by atoms with van der Waals surface area (Å²) in [6.07, 6.45) is 2.77. The summed E-state index contributed by atoms with van der Waals surface area (Å²) in [5.41, 5.74) is 4.72. The van der Waals surface area contributed by atoms with Crippen molar-refractivity contribution < 1.29 is 9.90 Å². The minimum Gasteiger partial charge on any atom is -0.504 e. The topological polar surface area (TPSA) is 76.0 Å². The Bertz CT molecular complexity index is 957. The fraction of sp³-hybridized carbons (Fsp3) is 0.273. The number of aromatic nitrogens is 3. The molecule has 2 aromatic heterocycles. The quantitative estimate of drug-likeness (QED) is 0.703. The molecule has 5 heteroatoms. The summed E-state index contributed by atoms with van der Waals surface area (Å²) in [7, 11) is 0. The van der Waals surface area contributed by atoms with Gasteiger partial charge in [-0.3, -0.25) is 9.78 Å². The molecule has 27 heavy (non-hydrogen) atoms. The van der Waals surface area contributed by atoms with Gasteiger partial charge in [0.15, 0.2) is 12.0 Å². The van der Waals surface area contributed by atoms with E-state index in [1.165, 1.54) is 5.56 Å². The average Bonchev–Trinajstić information content (AvgIpc) is 2.64. The minimum absolute atomic E-state index is 0.0148. The van der Waals surface area contributed by atoms with E-state index < -0.39 is 0 Å². The lowest BCUT2D eigenvalue weighted by atomic mass is 9.86. The summed E-state index contributed by atoms with van der Waals surface area (Å²) in [6.45, 7) is 8.23. The van der Waals surface area contributed by atoms with Crippen molar-refractivity contribution in [1.29, 1.82) is 0 Å². The predicted molar refractivity (Wildman–Crippen MR) is 105 cm³/mol. The summed E-state index contributed by atoms with van der Waals surface area (Å²) in [4.78, 5) is 23.9. The van der Waals surface area contributed by atoms with Crippen molar-refractivity contribution in [3.63, 3.8) is 0 Å². The van der Waals surface area contributed by atoms with E-state index in [1.54, 1.807) is 13.1 Å². The number of aryl methyl sites for hydroxylation is 1. The molecule has 3 rings (SSSR count). The SMILES string of the molecule is Cc1nc(Cc2ccc(-c3ccc(C(C)(C)C)cc3)nc2)nc(C=O)c1O. The van der Waals surface area contributed by atoms with Crippen LogP contribution in [0, 0.1) is 6.92 Å². The monoisotopic (exact) mass is 361 g/mol. The Labute approximate surface area is 159 Å². The van der Waals surface area contributed by atoms with E-state index in [0.29, 0.717) is 24.2 Å². The standard InChI is InChI=1S/C22H23N3O2/c1-14-21(27)19(13-26)25-20(24-14)11-15-5-10-18(23-12-15)16-6-8-17(9-7-16)22(2,3)4/h5-10,12-13,27H,11H2,1-4H3. The third-order valence-corrected chi connectivity index (χ3v) is 4.48. The van der Waals surface area contributed by atoms with Crippen molar-refractivity contribution in [3.8, 4) is 17.0 Å². The van der Waals surface area contributed by atoms with Gasteiger partial charge in [0.25, 0.3) is 0 Å². The van der Waals surface area contributed by atoms with Crippen LogP contribution in [-0.2, 0) is 11.8 Å². The fourth-order valence-electron chi connectivity index (χ4n) is 2.83. The van der Waals surface area contributed by atoms with E-state index >= 15 is 0 Å². The molecule has 1 N–H and O–H groups in total. The first-order valence-corrected chi connectivity index (χ1v) is 8.85. The highest BCUT2D eigenvalue weighted by atomic mass is 16.3. The van der Waals surface area contributed by atoms with Crippen molar-refractivity contribution in [2.45, 2.75) is 39.5 Å². The fourth-order valence-corrected chi connectivity index (χ4v) is 2.83. The lowest BCUT2D eigenvalue weighted by Gasteiger charge is -2.19. The summed E-state index contributed by atoms with van der Waals surface area (Å²) >= 11 is 0. The van der Waals surface area contributed by atoms with E-state index in [0.717, 1.165) is 16.8 Å². The highest BCUT2D eigenvalue weighted by Gasteiger charge is 2.13. The molecule has 3 aromatic rings. The van der Waals surface area contributed by atoms with Gasteiger partial charge in [-0.15, -0.1) is 0 Å². The molecule has 138 valence electrons. The van der Waals surface area contributed by atoms with Crippen LogP contribution >= 0.6 is 0 Å². The van der Waals surface area contributed by atoms with Gasteiger partial charge >= 0.3 is 0 Å². The van der Waals surface area contributed by atoms with Crippen LogP contribution in [0.3, 0.4) is 0 Å². The van der Waals surface area contributed by atoms with Gasteiger partial charge in [-0.1, -0.05) is 51.1 Å². The average molecular weight is 361 g/mol. The van der Waals surface area contributed by atoms with Crippen molar-refractivity contribution in [3.05, 3.63) is 70.9 Å². The van der Waals surface area contributed by atoms with E-state index in [2.05, 4.69) is 60.0 Å².